The fourth-order valence-corrected chi connectivity index (χ4v) is 7.65. The molecule has 1 aliphatic heterocycles. The first-order chi connectivity index (χ1) is 16.7. The van der Waals surface area contributed by atoms with E-state index in [4.69, 9.17) is 14.2 Å². The maximum Gasteiger partial charge on any atom is 0.349 e. The number of ether oxygens (including phenoxy) is 3. The number of esters is 1. The molecular formula is C29H38O6S. The second-order valence-corrected chi connectivity index (χ2v) is 13.2. The maximum absolute atomic E-state index is 14.7. The molecule has 0 unspecified atom stereocenters. The molecule has 1 aromatic heterocycles. The van der Waals surface area contributed by atoms with Gasteiger partial charge in [0.1, 0.15) is 11.0 Å². The molecule has 6 nitrogen and oxygen atoms in total. The van der Waals surface area contributed by atoms with Crippen molar-refractivity contribution in [3.63, 3.8) is 0 Å². The number of carbonyl (C=O) groups is 2. The Morgan fingerprint density at radius 1 is 1.22 bits per heavy atom. The van der Waals surface area contributed by atoms with Gasteiger partial charge in [-0.15, -0.1) is 11.3 Å². The summed E-state index contributed by atoms with van der Waals surface area (Å²) in [7, 11) is 0. The Morgan fingerprint density at radius 2 is 1.94 bits per heavy atom. The van der Waals surface area contributed by atoms with Crippen LogP contribution in [0.3, 0.4) is 0 Å². The van der Waals surface area contributed by atoms with E-state index >= 15 is 0 Å². The number of thiophene rings is 1. The van der Waals surface area contributed by atoms with Gasteiger partial charge in [0.2, 0.25) is 0 Å². The zero-order valence-corrected chi connectivity index (χ0v) is 23.2. The van der Waals surface area contributed by atoms with Gasteiger partial charge in [-0.1, -0.05) is 45.8 Å². The SMILES string of the molecule is CC1=C[C@@]23CCC[C@H](C)C(C)(C)[C@H](C=C4COC(C)(C)O[C@H]4[C@]2(O)[C@H]1OC(=O)c1sccc1C)C3=O. The summed E-state index contributed by atoms with van der Waals surface area (Å²) in [5, 5.41) is 14.8. The molecular weight excluding hydrogens is 476 g/mol. The summed E-state index contributed by atoms with van der Waals surface area (Å²) in [4.78, 5) is 28.5. The largest absolute Gasteiger partial charge is 0.450 e. The van der Waals surface area contributed by atoms with Gasteiger partial charge in [-0.25, -0.2) is 4.79 Å². The number of allylic oxidation sites excluding steroid dienone is 1. The van der Waals surface area contributed by atoms with Crippen LogP contribution in [0, 0.1) is 29.6 Å². The second kappa shape index (κ2) is 8.35. The van der Waals surface area contributed by atoms with Crippen LogP contribution in [0.4, 0.5) is 0 Å². The minimum Gasteiger partial charge on any atom is -0.450 e. The third kappa shape index (κ3) is 3.53. The first kappa shape index (κ1) is 25.8. The van der Waals surface area contributed by atoms with Gasteiger partial charge in [0.05, 0.1) is 12.0 Å². The molecule has 7 heteroatoms. The molecule has 6 atom stereocenters. The van der Waals surface area contributed by atoms with Crippen molar-refractivity contribution in [2.24, 2.45) is 22.7 Å². The molecule has 1 N–H and O–H groups in total. The van der Waals surface area contributed by atoms with Crippen LogP contribution in [-0.2, 0) is 19.0 Å². The Bertz CT molecular complexity index is 1160. The number of hydrogen-bond donors (Lipinski definition) is 1. The molecule has 1 spiro atoms. The van der Waals surface area contributed by atoms with E-state index in [0.29, 0.717) is 22.8 Å². The number of carbonyl (C=O) groups excluding carboxylic acids is 2. The zero-order valence-electron chi connectivity index (χ0n) is 22.3. The van der Waals surface area contributed by atoms with E-state index in [2.05, 4.69) is 20.8 Å². The molecule has 36 heavy (non-hydrogen) atoms. The Hall–Kier alpha value is -1.80. The first-order valence-electron chi connectivity index (χ1n) is 13.0. The molecule has 2 heterocycles. The fourth-order valence-electron chi connectivity index (χ4n) is 6.84. The zero-order chi connectivity index (χ0) is 26.3. The molecule has 2 fully saturated rings. The number of Topliss-reactive ketones (excluding diaryl/α,β-unsaturated/α-hetero) is 1. The van der Waals surface area contributed by atoms with Crippen molar-refractivity contribution in [2.45, 2.75) is 91.3 Å². The van der Waals surface area contributed by atoms with Gasteiger partial charge >= 0.3 is 5.97 Å². The number of ketones is 1. The molecule has 5 rings (SSSR count). The van der Waals surface area contributed by atoms with E-state index in [0.717, 1.165) is 24.0 Å². The number of aliphatic hydroxyl groups is 1. The molecule has 3 aliphatic carbocycles. The van der Waals surface area contributed by atoms with Crippen molar-refractivity contribution >= 4 is 23.1 Å². The molecule has 196 valence electrons. The highest BCUT2D eigenvalue weighted by atomic mass is 32.1. The minimum atomic E-state index is -1.78. The predicted octanol–water partition coefficient (Wildman–Crippen LogP) is 5.38. The van der Waals surface area contributed by atoms with Crippen molar-refractivity contribution in [1.82, 2.24) is 0 Å². The summed E-state index contributed by atoms with van der Waals surface area (Å²) < 4.78 is 18.6. The molecule has 0 aromatic carbocycles. The van der Waals surface area contributed by atoms with E-state index in [1.54, 1.807) is 0 Å². The van der Waals surface area contributed by atoms with Crippen LogP contribution in [0.25, 0.3) is 0 Å². The number of aryl methyl sites for hydroxylation is 1. The highest BCUT2D eigenvalue weighted by Gasteiger charge is 2.72. The van der Waals surface area contributed by atoms with Gasteiger partial charge in [-0.2, -0.15) is 0 Å². The standard InChI is InChI=1S/C29H38O6S/c1-16-10-12-36-21(16)25(31)34-23-17(2)14-28-11-8-9-18(3)26(4,5)20(22(28)30)13-19-15-33-27(6,7)35-24(19)29(23,28)32/h10,12-14,18,20,23-24,32H,8-9,11,15H2,1-7H3/t18-,20+,23-,24+,28+,29+/m0/s1. The van der Waals surface area contributed by atoms with Gasteiger partial charge in [-0.3, -0.25) is 4.79 Å². The van der Waals surface area contributed by atoms with Crippen molar-refractivity contribution in [3.8, 4) is 0 Å². The number of fused-ring (bicyclic) bond motifs is 3. The highest BCUT2D eigenvalue weighted by Crippen LogP contribution is 2.61. The first-order valence-corrected chi connectivity index (χ1v) is 13.9. The van der Waals surface area contributed by atoms with Crippen molar-refractivity contribution < 1.29 is 28.9 Å². The summed E-state index contributed by atoms with van der Waals surface area (Å²) in [5.74, 6) is -1.59. The number of hydrogen-bond acceptors (Lipinski definition) is 7. The summed E-state index contributed by atoms with van der Waals surface area (Å²) in [5.41, 5.74) is -1.08. The summed E-state index contributed by atoms with van der Waals surface area (Å²) in [6.45, 7) is 14.1. The predicted molar refractivity (Wildman–Crippen MR) is 138 cm³/mol. The van der Waals surface area contributed by atoms with Crippen LogP contribution in [0.15, 0.2) is 34.7 Å². The molecule has 2 bridgehead atoms. The smallest absolute Gasteiger partial charge is 0.349 e. The summed E-state index contributed by atoms with van der Waals surface area (Å²) >= 11 is 1.31. The molecule has 1 aromatic rings. The van der Waals surface area contributed by atoms with Crippen LogP contribution in [0.2, 0.25) is 0 Å². The van der Waals surface area contributed by atoms with Crippen molar-refractivity contribution in [3.05, 3.63) is 45.2 Å². The van der Waals surface area contributed by atoms with Crippen LogP contribution >= 0.6 is 11.3 Å². The molecule has 4 aliphatic rings. The average molecular weight is 515 g/mol. The van der Waals surface area contributed by atoms with E-state index in [1.807, 2.05) is 51.3 Å². The molecule has 0 amide bonds. The highest BCUT2D eigenvalue weighted by molar-refractivity contribution is 7.12. The Labute approximate surface area is 217 Å². The van der Waals surface area contributed by atoms with E-state index in [9.17, 15) is 14.7 Å². The molecule has 0 radical (unpaired) electrons. The lowest BCUT2D eigenvalue weighted by Crippen LogP contribution is -2.67. The van der Waals surface area contributed by atoms with Crippen LogP contribution < -0.4 is 0 Å². The lowest BCUT2D eigenvalue weighted by molar-refractivity contribution is -0.300. The molecule has 1 saturated heterocycles. The van der Waals surface area contributed by atoms with Gasteiger partial charge in [0.15, 0.2) is 23.3 Å². The third-order valence-corrected chi connectivity index (χ3v) is 10.4. The third-order valence-electron chi connectivity index (χ3n) is 9.38. The average Bonchev–Trinajstić information content (AvgIpc) is 3.30. The van der Waals surface area contributed by atoms with E-state index in [1.165, 1.54) is 11.3 Å². The van der Waals surface area contributed by atoms with E-state index in [-0.39, 0.29) is 17.8 Å². The quantitative estimate of drug-likeness (QED) is 0.421. The van der Waals surface area contributed by atoms with E-state index < -0.39 is 40.9 Å². The van der Waals surface area contributed by atoms with Crippen LogP contribution in [-0.4, -0.2) is 47.1 Å². The van der Waals surface area contributed by atoms with Gasteiger partial charge in [0.25, 0.3) is 0 Å². The lowest BCUT2D eigenvalue weighted by Gasteiger charge is -2.52. The van der Waals surface area contributed by atoms with Gasteiger partial charge < -0.3 is 19.3 Å². The minimum absolute atomic E-state index is 0.0185. The monoisotopic (exact) mass is 514 g/mol. The Balaban J connectivity index is 1.70. The fraction of sp³-hybridized carbons (Fsp3) is 0.655. The lowest BCUT2D eigenvalue weighted by atomic mass is 9.56. The molecule has 1 saturated carbocycles. The summed E-state index contributed by atoms with van der Waals surface area (Å²) in [6, 6.07) is 1.87. The number of rotatable bonds is 2. The topological polar surface area (TPSA) is 82.1 Å². The van der Waals surface area contributed by atoms with Gasteiger partial charge in [0, 0.05) is 5.92 Å². The van der Waals surface area contributed by atoms with Crippen molar-refractivity contribution in [2.75, 3.05) is 6.61 Å². The Kier molecular flexibility index (Phi) is 5.99. The maximum atomic E-state index is 14.7. The second-order valence-electron chi connectivity index (χ2n) is 12.3. The normalized spacial score (nSPS) is 39.1. The van der Waals surface area contributed by atoms with Crippen molar-refractivity contribution in [1.29, 1.82) is 0 Å². The van der Waals surface area contributed by atoms with Crippen LogP contribution in [0.5, 0.6) is 0 Å². The summed E-state index contributed by atoms with van der Waals surface area (Å²) in [6.07, 6.45) is 4.22. The van der Waals surface area contributed by atoms with Crippen LogP contribution in [0.1, 0.15) is 76.0 Å². The van der Waals surface area contributed by atoms with Gasteiger partial charge in [-0.05, 0) is 73.6 Å². The Morgan fingerprint density at radius 3 is 2.61 bits per heavy atom.